The number of anilines is 2. The summed E-state index contributed by atoms with van der Waals surface area (Å²) in [4.78, 5) is 30.2. The van der Waals surface area contributed by atoms with Crippen LogP contribution in [0.15, 0.2) is 119 Å². The summed E-state index contributed by atoms with van der Waals surface area (Å²) in [5.41, 5.74) is 6.19. The van der Waals surface area contributed by atoms with Gasteiger partial charge in [-0.2, -0.15) is 0 Å². The lowest BCUT2D eigenvalue weighted by molar-refractivity contribution is -0.123. The molecule has 3 unspecified atom stereocenters. The number of hydrogen-bond donors (Lipinski definition) is 1. The zero-order valence-electron chi connectivity index (χ0n) is 21.0. The van der Waals surface area contributed by atoms with Gasteiger partial charge in [0.05, 0.1) is 23.3 Å². The Bertz CT molecular complexity index is 1550. The molecule has 0 radical (unpaired) electrons. The van der Waals surface area contributed by atoms with Crippen molar-refractivity contribution < 1.29 is 9.59 Å². The minimum absolute atomic E-state index is 0.0338. The molecule has 4 aromatic rings. The van der Waals surface area contributed by atoms with Crippen LogP contribution in [0.2, 0.25) is 0 Å². The fourth-order valence-electron chi connectivity index (χ4n) is 5.62. The highest BCUT2D eigenvalue weighted by Gasteiger charge is 2.45. The lowest BCUT2D eigenvalue weighted by Crippen LogP contribution is -2.42. The van der Waals surface area contributed by atoms with E-state index < -0.39 is 12.0 Å². The number of allylic oxidation sites excluding steroid dienone is 1. The highest BCUT2D eigenvalue weighted by Crippen LogP contribution is 2.48. The lowest BCUT2D eigenvalue weighted by Gasteiger charge is -2.37. The van der Waals surface area contributed by atoms with Crippen LogP contribution in [0.1, 0.15) is 45.4 Å². The quantitative estimate of drug-likeness (QED) is 0.277. The summed E-state index contributed by atoms with van der Waals surface area (Å²) < 4.78 is 0.902. The van der Waals surface area contributed by atoms with Crippen LogP contribution in [0, 0.1) is 12.8 Å². The molecule has 0 spiro atoms. The topological polar surface area (TPSA) is 49.4 Å². The Balaban J connectivity index is 1.56. The molecule has 0 aromatic heterocycles. The summed E-state index contributed by atoms with van der Waals surface area (Å²) in [6.45, 7) is 2.06. The van der Waals surface area contributed by atoms with Crippen LogP contribution < -0.4 is 10.2 Å². The van der Waals surface area contributed by atoms with Gasteiger partial charge in [-0.1, -0.05) is 94.3 Å². The van der Waals surface area contributed by atoms with E-state index in [2.05, 4.69) is 58.5 Å². The van der Waals surface area contributed by atoms with Crippen molar-refractivity contribution in [3.8, 4) is 0 Å². The molecular weight excluding hydrogens is 536 g/mol. The molecule has 1 aliphatic heterocycles. The third-order valence-electron chi connectivity index (χ3n) is 7.46. The maximum Gasteiger partial charge on any atom is 0.258 e. The molecule has 4 nitrogen and oxygen atoms in total. The smallest absolute Gasteiger partial charge is 0.258 e. The second-order valence-corrected chi connectivity index (χ2v) is 10.9. The summed E-state index contributed by atoms with van der Waals surface area (Å²) in [6, 6.07) is 32.9. The molecule has 2 aliphatic rings. The van der Waals surface area contributed by atoms with Crippen LogP contribution >= 0.6 is 15.9 Å². The van der Waals surface area contributed by atoms with Gasteiger partial charge >= 0.3 is 0 Å². The number of halogens is 1. The monoisotopic (exact) mass is 562 g/mol. The van der Waals surface area contributed by atoms with Gasteiger partial charge in [0.1, 0.15) is 5.78 Å². The number of nitrogens with zero attached hydrogens (tertiary/aromatic N) is 1. The van der Waals surface area contributed by atoms with E-state index in [1.54, 1.807) is 0 Å². The number of fused-ring (bicyclic) bond motifs is 2. The molecule has 188 valence electrons. The third kappa shape index (κ3) is 4.48. The first kappa shape index (κ1) is 24.4. The van der Waals surface area contributed by atoms with Gasteiger partial charge in [-0.15, -0.1) is 0 Å². The van der Waals surface area contributed by atoms with Crippen molar-refractivity contribution in [1.82, 2.24) is 0 Å². The first-order valence-corrected chi connectivity index (χ1v) is 13.6. The molecule has 4 aromatic carbocycles. The van der Waals surface area contributed by atoms with Gasteiger partial charge in [-0.05, 0) is 54.4 Å². The predicted molar refractivity (Wildman–Crippen MR) is 155 cm³/mol. The molecule has 3 atom stereocenters. The number of carbonyl (C=O) groups is 2. The summed E-state index contributed by atoms with van der Waals surface area (Å²) in [5, 5.41) is 3.59. The van der Waals surface area contributed by atoms with Gasteiger partial charge in [-0.3, -0.25) is 14.5 Å². The van der Waals surface area contributed by atoms with Crippen LogP contribution in [0.5, 0.6) is 0 Å². The average molecular weight is 563 g/mol. The Kier molecular flexibility index (Phi) is 6.46. The zero-order valence-corrected chi connectivity index (χ0v) is 22.6. The van der Waals surface area contributed by atoms with Crippen molar-refractivity contribution in [2.75, 3.05) is 10.2 Å². The zero-order chi connectivity index (χ0) is 26.2. The first-order valence-electron chi connectivity index (χ1n) is 12.8. The van der Waals surface area contributed by atoms with Gasteiger partial charge in [0.25, 0.3) is 5.91 Å². The normalized spacial score (nSPS) is 20.5. The number of aryl methyl sites for hydroxylation is 1. The van der Waals surface area contributed by atoms with Gasteiger partial charge < -0.3 is 5.32 Å². The predicted octanol–water partition coefficient (Wildman–Crippen LogP) is 7.83. The highest BCUT2D eigenvalue weighted by molar-refractivity contribution is 9.10. The van der Waals surface area contributed by atoms with Gasteiger partial charge in [0.2, 0.25) is 0 Å². The van der Waals surface area contributed by atoms with Crippen molar-refractivity contribution >= 4 is 39.0 Å². The second-order valence-electron chi connectivity index (χ2n) is 9.97. The Hall–Kier alpha value is -3.96. The Labute approximate surface area is 231 Å². The number of Topliss-reactive ketones (excluding diaryl/α,β-unsaturated/α-hetero) is 1. The molecule has 38 heavy (non-hydrogen) atoms. The number of nitrogens with one attached hydrogen (secondary N) is 1. The lowest BCUT2D eigenvalue weighted by atomic mass is 9.76. The van der Waals surface area contributed by atoms with Crippen LogP contribution in [0.25, 0.3) is 0 Å². The Morgan fingerprint density at radius 3 is 2.37 bits per heavy atom. The molecule has 1 N–H and O–H groups in total. The van der Waals surface area contributed by atoms with E-state index in [0.717, 1.165) is 32.7 Å². The number of carbonyl (C=O) groups excluding carboxylic acids is 2. The molecule has 0 bridgehead atoms. The molecular formula is C33H27BrN2O2. The molecule has 5 heteroatoms. The SMILES string of the molecule is Cc1ccc(C2C=C3Nc4ccccc4N(C(=O)c4ccccc4)C(c4cccc(Br)c4)C3C(=O)C2)cc1. The van der Waals surface area contributed by atoms with Crippen molar-refractivity contribution in [3.05, 3.63) is 142 Å². The largest absolute Gasteiger partial charge is 0.357 e. The average Bonchev–Trinajstić information content (AvgIpc) is 3.08. The minimum atomic E-state index is -0.536. The van der Waals surface area contributed by atoms with Crippen molar-refractivity contribution in [2.24, 2.45) is 5.92 Å². The summed E-state index contributed by atoms with van der Waals surface area (Å²) in [6.07, 6.45) is 2.57. The molecule has 0 fully saturated rings. The van der Waals surface area contributed by atoms with Crippen molar-refractivity contribution in [1.29, 1.82) is 0 Å². The molecule has 1 amide bonds. The maximum atomic E-state index is 14.2. The van der Waals surface area contributed by atoms with E-state index in [0.29, 0.717) is 12.0 Å². The number of benzene rings is 4. The van der Waals surface area contributed by atoms with Crippen LogP contribution in [-0.2, 0) is 4.79 Å². The highest BCUT2D eigenvalue weighted by atomic mass is 79.9. The molecule has 0 saturated heterocycles. The fraction of sp³-hybridized carbons (Fsp3) is 0.152. The summed E-state index contributed by atoms with van der Waals surface area (Å²) in [7, 11) is 0. The van der Waals surface area contributed by atoms with E-state index in [1.165, 1.54) is 5.56 Å². The van der Waals surface area contributed by atoms with Crippen LogP contribution in [-0.4, -0.2) is 11.7 Å². The summed E-state index contributed by atoms with van der Waals surface area (Å²) in [5.74, 6) is -0.594. The minimum Gasteiger partial charge on any atom is -0.357 e. The van der Waals surface area contributed by atoms with E-state index in [9.17, 15) is 9.59 Å². The van der Waals surface area contributed by atoms with Crippen LogP contribution in [0.4, 0.5) is 11.4 Å². The molecule has 0 saturated carbocycles. The Morgan fingerprint density at radius 2 is 1.61 bits per heavy atom. The second kappa shape index (κ2) is 10.1. The van der Waals surface area contributed by atoms with Crippen molar-refractivity contribution in [3.63, 3.8) is 0 Å². The molecule has 6 rings (SSSR count). The molecule has 1 aliphatic carbocycles. The van der Waals surface area contributed by atoms with E-state index >= 15 is 0 Å². The maximum absolute atomic E-state index is 14.2. The fourth-order valence-corrected chi connectivity index (χ4v) is 6.04. The van der Waals surface area contributed by atoms with Gasteiger partial charge in [-0.25, -0.2) is 0 Å². The van der Waals surface area contributed by atoms with E-state index in [4.69, 9.17) is 0 Å². The number of ketones is 1. The third-order valence-corrected chi connectivity index (χ3v) is 7.95. The van der Waals surface area contributed by atoms with E-state index in [-0.39, 0.29) is 17.6 Å². The number of amides is 1. The van der Waals surface area contributed by atoms with E-state index in [1.807, 2.05) is 83.8 Å². The first-order chi connectivity index (χ1) is 18.5. The van der Waals surface area contributed by atoms with Crippen molar-refractivity contribution in [2.45, 2.75) is 25.3 Å². The number of rotatable bonds is 3. The molecule has 1 heterocycles. The summed E-state index contributed by atoms with van der Waals surface area (Å²) >= 11 is 3.61. The van der Waals surface area contributed by atoms with Gasteiger partial charge in [0, 0.05) is 28.1 Å². The number of para-hydroxylation sites is 2. The number of hydrogen-bond acceptors (Lipinski definition) is 3. The van der Waals surface area contributed by atoms with Crippen LogP contribution in [0.3, 0.4) is 0 Å². The Morgan fingerprint density at radius 1 is 0.868 bits per heavy atom. The standard InChI is InChI=1S/C33H27BrN2O2/c1-21-14-16-22(17-15-21)25-19-28-31(30(37)20-25)32(24-10-7-11-26(34)18-24)36(29-13-6-5-12-27(29)35-28)33(38)23-8-3-2-4-9-23/h2-19,25,31-32,35H,20H2,1H3. The van der Waals surface area contributed by atoms with Gasteiger partial charge in [0.15, 0.2) is 0 Å².